The van der Waals surface area contributed by atoms with Crippen molar-refractivity contribution < 1.29 is 23.9 Å². The number of benzene rings is 4. The molecular weight excluding hydrogens is 719 g/mol. The summed E-state index contributed by atoms with van der Waals surface area (Å²) in [5, 5.41) is 3.78. The Bertz CT molecular complexity index is 2060. The van der Waals surface area contributed by atoms with E-state index in [1.54, 1.807) is 12.3 Å². The van der Waals surface area contributed by atoms with E-state index in [0.717, 1.165) is 22.3 Å². The van der Waals surface area contributed by atoms with Gasteiger partial charge in [-0.2, -0.15) is 12.6 Å². The minimum absolute atomic E-state index is 0.0787. The minimum atomic E-state index is -1.17. The van der Waals surface area contributed by atoms with Crippen LogP contribution in [0.1, 0.15) is 77.5 Å². The predicted molar refractivity (Wildman–Crippen MR) is 222 cm³/mol. The third kappa shape index (κ3) is 9.06. The van der Waals surface area contributed by atoms with Crippen LogP contribution < -0.4 is 5.32 Å². The number of piperidine rings is 1. The lowest BCUT2D eigenvalue weighted by Gasteiger charge is -2.44. The van der Waals surface area contributed by atoms with Gasteiger partial charge in [0.05, 0.1) is 28.3 Å². The number of esters is 2. The van der Waals surface area contributed by atoms with Crippen LogP contribution in [0.25, 0.3) is 0 Å². The van der Waals surface area contributed by atoms with E-state index in [1.807, 2.05) is 135 Å². The van der Waals surface area contributed by atoms with Crippen LogP contribution >= 0.6 is 12.6 Å². The van der Waals surface area contributed by atoms with Crippen molar-refractivity contribution in [1.82, 2.24) is 15.2 Å². The summed E-state index contributed by atoms with van der Waals surface area (Å²) in [4.78, 5) is 49.0. The quantitative estimate of drug-likeness (QED) is 0.0710. The van der Waals surface area contributed by atoms with Crippen molar-refractivity contribution in [3.8, 4) is 0 Å². The fourth-order valence-electron chi connectivity index (χ4n) is 7.64. The van der Waals surface area contributed by atoms with Crippen LogP contribution in [0.5, 0.6) is 0 Å². The van der Waals surface area contributed by atoms with Crippen LogP contribution in [0, 0.1) is 12.3 Å². The van der Waals surface area contributed by atoms with Crippen molar-refractivity contribution in [3.63, 3.8) is 0 Å². The molecule has 1 atom stereocenters. The molecule has 0 radical (unpaired) electrons. The number of aryl methyl sites for hydroxylation is 1. The van der Waals surface area contributed by atoms with E-state index in [-0.39, 0.29) is 24.2 Å². The summed E-state index contributed by atoms with van der Waals surface area (Å²) >= 11 is 4.77. The summed E-state index contributed by atoms with van der Waals surface area (Å²) in [6, 6.07) is 40.0. The Kier molecular flexibility index (Phi) is 12.8. The number of hydrogen-bond acceptors (Lipinski definition) is 8. The number of thiol groups is 1. The molecule has 4 aromatic carbocycles. The average Bonchev–Trinajstić information content (AvgIpc) is 3.22. The highest BCUT2D eigenvalue weighted by Gasteiger charge is 2.47. The van der Waals surface area contributed by atoms with Gasteiger partial charge in [0, 0.05) is 25.0 Å². The van der Waals surface area contributed by atoms with Crippen LogP contribution in [-0.4, -0.2) is 58.2 Å². The first-order chi connectivity index (χ1) is 27.0. The van der Waals surface area contributed by atoms with Gasteiger partial charge in [-0.25, -0.2) is 4.79 Å². The van der Waals surface area contributed by atoms with Crippen molar-refractivity contribution in [1.29, 1.82) is 0 Å². The van der Waals surface area contributed by atoms with E-state index in [0.29, 0.717) is 49.2 Å². The van der Waals surface area contributed by atoms with E-state index in [9.17, 15) is 14.4 Å². The molecule has 0 bridgehead atoms. The second kappa shape index (κ2) is 17.7. The van der Waals surface area contributed by atoms with Gasteiger partial charge in [-0.15, -0.1) is 0 Å². The number of carbonyl (C=O) groups is 3. The number of nitrogens with zero attached hydrogens (tertiary/aromatic N) is 2. The molecule has 9 heteroatoms. The molecule has 56 heavy (non-hydrogen) atoms. The molecule has 6 rings (SSSR count). The molecule has 1 N–H and O–H groups in total. The fraction of sp³-hybridized carbons (Fsp3) is 0.319. The Labute approximate surface area is 336 Å². The zero-order chi connectivity index (χ0) is 39.8. The molecule has 2 heterocycles. The molecule has 1 aliphatic rings. The summed E-state index contributed by atoms with van der Waals surface area (Å²) in [7, 11) is 0. The molecule has 0 spiro atoms. The first-order valence-electron chi connectivity index (χ1n) is 19.2. The Balaban J connectivity index is 1.34. The largest absolute Gasteiger partial charge is 0.459 e. The predicted octanol–water partition coefficient (Wildman–Crippen LogP) is 8.12. The Morgan fingerprint density at radius 1 is 0.804 bits per heavy atom. The van der Waals surface area contributed by atoms with Crippen LogP contribution in [0.2, 0.25) is 0 Å². The molecule has 8 nitrogen and oxygen atoms in total. The van der Waals surface area contributed by atoms with Crippen LogP contribution in [-0.2, 0) is 37.6 Å². The van der Waals surface area contributed by atoms with Gasteiger partial charge in [0.2, 0.25) is 5.91 Å². The lowest BCUT2D eigenvalue weighted by atomic mass is 9.73. The SMILES string of the molecule is Cc1ccccc1CC1(C(=O)OCc2ccccn2)CCN(C(=O)[C@H](CS)NC(c2ccccc2)(c2ccccc2)c2ccccc2C(=O)OC(C)(C)C)CC1. The summed E-state index contributed by atoms with van der Waals surface area (Å²) in [6.07, 6.45) is 3.04. The normalized spacial score (nSPS) is 14.8. The first kappa shape index (κ1) is 40.4. The van der Waals surface area contributed by atoms with E-state index in [2.05, 4.69) is 29.4 Å². The number of rotatable bonds is 13. The van der Waals surface area contributed by atoms with E-state index < -0.39 is 28.6 Å². The second-order valence-corrected chi connectivity index (χ2v) is 15.9. The van der Waals surface area contributed by atoms with E-state index in [4.69, 9.17) is 22.1 Å². The fourth-order valence-corrected chi connectivity index (χ4v) is 7.89. The number of ether oxygens (including phenoxy) is 2. The molecule has 1 saturated heterocycles. The summed E-state index contributed by atoms with van der Waals surface area (Å²) in [5.41, 5.74) is 2.86. The molecule has 1 aliphatic heterocycles. The summed E-state index contributed by atoms with van der Waals surface area (Å²) < 4.78 is 11.9. The molecule has 290 valence electrons. The van der Waals surface area contributed by atoms with Crippen LogP contribution in [0.4, 0.5) is 0 Å². The maximum absolute atomic E-state index is 14.8. The minimum Gasteiger partial charge on any atom is -0.459 e. The Morgan fingerprint density at radius 3 is 1.98 bits per heavy atom. The van der Waals surface area contributed by atoms with Crippen molar-refractivity contribution >= 4 is 30.5 Å². The molecule has 0 saturated carbocycles. The Hall–Kier alpha value is -5.25. The number of hydrogen-bond donors (Lipinski definition) is 2. The third-order valence-electron chi connectivity index (χ3n) is 10.6. The van der Waals surface area contributed by atoms with Crippen molar-refractivity contribution in [2.75, 3.05) is 18.8 Å². The molecule has 1 fully saturated rings. The zero-order valence-corrected chi connectivity index (χ0v) is 33.5. The van der Waals surface area contributed by atoms with Gasteiger partial charge in [0.25, 0.3) is 0 Å². The molecular formula is C47H51N3O5S. The third-order valence-corrected chi connectivity index (χ3v) is 10.9. The lowest BCUT2D eigenvalue weighted by Crippen LogP contribution is -2.59. The lowest BCUT2D eigenvalue weighted by molar-refractivity contribution is -0.162. The highest BCUT2D eigenvalue weighted by molar-refractivity contribution is 7.80. The second-order valence-electron chi connectivity index (χ2n) is 15.5. The van der Waals surface area contributed by atoms with Crippen molar-refractivity contribution in [3.05, 3.63) is 173 Å². The number of nitrogens with one attached hydrogen (secondary N) is 1. The van der Waals surface area contributed by atoms with Gasteiger partial charge < -0.3 is 14.4 Å². The van der Waals surface area contributed by atoms with Crippen molar-refractivity contribution in [2.24, 2.45) is 5.41 Å². The number of pyridine rings is 1. The Morgan fingerprint density at radius 2 is 1.39 bits per heavy atom. The molecule has 1 aromatic heterocycles. The summed E-state index contributed by atoms with van der Waals surface area (Å²) in [5.74, 6) is -0.715. The highest BCUT2D eigenvalue weighted by Crippen LogP contribution is 2.41. The van der Waals surface area contributed by atoms with Gasteiger partial charge >= 0.3 is 11.9 Å². The van der Waals surface area contributed by atoms with E-state index >= 15 is 0 Å². The monoisotopic (exact) mass is 769 g/mol. The van der Waals surface area contributed by atoms with Gasteiger partial charge in [-0.05, 0) is 93.0 Å². The first-order valence-corrected chi connectivity index (χ1v) is 19.8. The van der Waals surface area contributed by atoms with Gasteiger partial charge in [-0.3, -0.25) is 19.9 Å². The zero-order valence-electron chi connectivity index (χ0n) is 32.6. The average molecular weight is 770 g/mol. The van der Waals surface area contributed by atoms with Gasteiger partial charge in [0.15, 0.2) is 0 Å². The molecule has 5 aromatic rings. The maximum Gasteiger partial charge on any atom is 0.339 e. The van der Waals surface area contributed by atoms with Gasteiger partial charge in [-0.1, -0.05) is 109 Å². The molecule has 0 unspecified atom stereocenters. The summed E-state index contributed by atoms with van der Waals surface area (Å²) in [6.45, 7) is 8.37. The van der Waals surface area contributed by atoms with Crippen LogP contribution in [0.3, 0.4) is 0 Å². The standard InChI is InChI=1S/C47H51N3O5S/c1-34-17-11-12-18-35(34)31-46(44(53)54-32-38-23-15-16-28-48-38)26-29-50(30-27-46)42(51)41(33-56)49-47(36-19-7-5-8-20-36,37-21-9-6-10-22-37)40-25-14-13-24-39(40)43(52)55-45(2,3)4/h5-25,28,41,49,56H,26-27,29-33H2,1-4H3/t41-/m0/s1. The van der Waals surface area contributed by atoms with Crippen LogP contribution in [0.15, 0.2) is 134 Å². The molecule has 1 amide bonds. The van der Waals surface area contributed by atoms with Crippen molar-refractivity contribution in [2.45, 2.75) is 70.7 Å². The number of carbonyl (C=O) groups excluding carboxylic acids is 3. The van der Waals surface area contributed by atoms with E-state index in [1.165, 1.54) is 0 Å². The maximum atomic E-state index is 14.8. The topological polar surface area (TPSA) is 97.8 Å². The number of likely N-dealkylation sites (tertiary alicyclic amines) is 1. The number of aromatic nitrogens is 1. The molecule has 0 aliphatic carbocycles. The van der Waals surface area contributed by atoms with Gasteiger partial charge in [0.1, 0.15) is 12.2 Å². The number of amides is 1. The smallest absolute Gasteiger partial charge is 0.339 e. The highest BCUT2D eigenvalue weighted by atomic mass is 32.1.